The lowest BCUT2D eigenvalue weighted by Crippen LogP contribution is -2.34. The maximum Gasteiger partial charge on any atom is 0.335 e. The SMILES string of the molecule is C=C(/N=C\C=C/C)SCCCc1cc2c(cc1/C=C/c1ccc(C(=O)O)cc1)C(C)(C)CCC2(C)C.CC. The van der Waals surface area contributed by atoms with Crippen molar-refractivity contribution in [1.82, 2.24) is 0 Å². The predicted molar refractivity (Wildman–Crippen MR) is 169 cm³/mol. The van der Waals surface area contributed by atoms with Crippen LogP contribution in [0.1, 0.15) is 106 Å². The van der Waals surface area contributed by atoms with Crippen LogP contribution in [0.15, 0.2) is 65.2 Å². The molecule has 0 bridgehead atoms. The van der Waals surface area contributed by atoms with Crippen molar-refractivity contribution >= 4 is 36.1 Å². The fraction of sp³-hybridized carbons (Fsp3) is 0.412. The smallest absolute Gasteiger partial charge is 0.335 e. The standard InChI is InChI=1S/C32H39NO2S.C2H6/c1-7-8-19-33-23(2)36-20-9-10-26-21-28-29(32(5,6)18-17-31(28,3)4)22-27(26)16-13-24-11-14-25(15-12-24)30(34)35;1-2/h7-8,11-16,19,21-22H,2,9-10,17-18,20H2,1,3-6H3,(H,34,35);1-2H3/b8-7-,16-13+,33-19-;. The summed E-state index contributed by atoms with van der Waals surface area (Å²) in [4.78, 5) is 15.5. The molecule has 0 saturated carbocycles. The van der Waals surface area contributed by atoms with Gasteiger partial charge < -0.3 is 5.11 Å². The van der Waals surface area contributed by atoms with E-state index in [1.54, 1.807) is 30.1 Å². The Kier molecular flexibility index (Phi) is 11.8. The van der Waals surface area contributed by atoms with Gasteiger partial charge in [-0.2, -0.15) is 0 Å². The molecule has 0 atom stereocenters. The molecule has 0 radical (unpaired) electrons. The molecular formula is C34H45NO2S. The normalized spacial score (nSPS) is 15.9. The fourth-order valence-electron chi connectivity index (χ4n) is 4.67. The molecule has 0 aromatic heterocycles. The Hall–Kier alpha value is -2.85. The van der Waals surface area contributed by atoms with Crippen LogP contribution in [-0.2, 0) is 17.3 Å². The van der Waals surface area contributed by atoms with Crippen LogP contribution in [-0.4, -0.2) is 23.0 Å². The van der Waals surface area contributed by atoms with E-state index in [2.05, 4.69) is 63.6 Å². The molecule has 4 heteroatoms. The van der Waals surface area contributed by atoms with Crippen molar-refractivity contribution in [2.45, 2.75) is 85.0 Å². The van der Waals surface area contributed by atoms with E-state index in [-0.39, 0.29) is 10.8 Å². The van der Waals surface area contributed by atoms with Crippen molar-refractivity contribution in [3.8, 4) is 0 Å². The number of aromatic carboxylic acids is 1. The molecule has 1 aliphatic carbocycles. The van der Waals surface area contributed by atoms with Gasteiger partial charge in [-0.15, -0.1) is 11.8 Å². The third-order valence-corrected chi connectivity index (χ3v) is 8.01. The first kappa shape index (κ1) is 31.4. The molecule has 2 aromatic rings. The van der Waals surface area contributed by atoms with Crippen molar-refractivity contribution in [1.29, 1.82) is 0 Å². The molecule has 3 nitrogen and oxygen atoms in total. The lowest BCUT2D eigenvalue weighted by atomic mass is 9.62. The average Bonchev–Trinajstić information content (AvgIpc) is 2.89. The summed E-state index contributed by atoms with van der Waals surface area (Å²) in [5.41, 5.74) is 7.15. The van der Waals surface area contributed by atoms with E-state index >= 15 is 0 Å². The number of allylic oxidation sites excluding steroid dienone is 2. The lowest BCUT2D eigenvalue weighted by Gasteiger charge is -2.42. The van der Waals surface area contributed by atoms with E-state index in [4.69, 9.17) is 0 Å². The maximum atomic E-state index is 11.2. The van der Waals surface area contributed by atoms with Gasteiger partial charge in [0.1, 0.15) is 0 Å². The van der Waals surface area contributed by atoms with Crippen LogP contribution >= 0.6 is 11.8 Å². The van der Waals surface area contributed by atoms with Crippen LogP contribution in [0.2, 0.25) is 0 Å². The Morgan fingerprint density at radius 3 is 2.21 bits per heavy atom. The number of benzene rings is 2. The van der Waals surface area contributed by atoms with Crippen LogP contribution in [0.3, 0.4) is 0 Å². The fourth-order valence-corrected chi connectivity index (χ4v) is 5.33. The number of fused-ring (bicyclic) bond motifs is 1. The first-order valence-electron chi connectivity index (χ1n) is 13.7. The molecule has 0 amide bonds. The van der Waals surface area contributed by atoms with Gasteiger partial charge >= 0.3 is 5.97 Å². The minimum atomic E-state index is -0.902. The lowest BCUT2D eigenvalue weighted by molar-refractivity contribution is 0.0697. The Bertz CT molecular complexity index is 1180. The average molecular weight is 532 g/mol. The predicted octanol–water partition coefficient (Wildman–Crippen LogP) is 9.71. The number of aryl methyl sites for hydroxylation is 1. The van der Waals surface area contributed by atoms with Gasteiger partial charge in [0, 0.05) is 6.21 Å². The first-order valence-corrected chi connectivity index (χ1v) is 14.7. The summed E-state index contributed by atoms with van der Waals surface area (Å²) in [6.07, 6.45) is 14.3. The van der Waals surface area contributed by atoms with E-state index in [9.17, 15) is 9.90 Å². The second kappa shape index (κ2) is 14.3. The third-order valence-electron chi connectivity index (χ3n) is 7.08. The zero-order valence-electron chi connectivity index (χ0n) is 24.3. The molecule has 0 fully saturated rings. The second-order valence-electron chi connectivity index (χ2n) is 10.8. The monoisotopic (exact) mass is 531 g/mol. The Morgan fingerprint density at radius 1 is 1.03 bits per heavy atom. The molecule has 204 valence electrons. The van der Waals surface area contributed by atoms with Gasteiger partial charge in [-0.3, -0.25) is 4.99 Å². The van der Waals surface area contributed by atoms with Gasteiger partial charge in [-0.25, -0.2) is 4.79 Å². The molecule has 0 unspecified atom stereocenters. The summed E-state index contributed by atoms with van der Waals surface area (Å²) in [7, 11) is 0. The number of carboxylic acids is 1. The highest BCUT2D eigenvalue weighted by Gasteiger charge is 2.37. The van der Waals surface area contributed by atoms with Crippen molar-refractivity contribution in [2.75, 3.05) is 5.75 Å². The number of hydrogen-bond acceptors (Lipinski definition) is 3. The molecule has 2 aromatic carbocycles. The molecule has 0 saturated heterocycles. The molecule has 3 rings (SSSR count). The molecule has 38 heavy (non-hydrogen) atoms. The zero-order valence-corrected chi connectivity index (χ0v) is 25.1. The van der Waals surface area contributed by atoms with E-state index in [0.29, 0.717) is 5.56 Å². The number of carbonyl (C=O) groups is 1. The topological polar surface area (TPSA) is 49.7 Å². The van der Waals surface area contributed by atoms with Gasteiger partial charge in [-0.05, 0) is 95.2 Å². The van der Waals surface area contributed by atoms with Gasteiger partial charge in [0.2, 0.25) is 0 Å². The van der Waals surface area contributed by atoms with Gasteiger partial charge in [0.05, 0.1) is 10.6 Å². The summed E-state index contributed by atoms with van der Waals surface area (Å²) in [6.45, 7) is 19.5. The highest BCUT2D eigenvalue weighted by molar-refractivity contribution is 8.03. The number of rotatable bonds is 10. The zero-order chi connectivity index (χ0) is 28.3. The van der Waals surface area contributed by atoms with Crippen molar-refractivity contribution in [2.24, 2.45) is 4.99 Å². The summed E-state index contributed by atoms with van der Waals surface area (Å²) < 4.78 is 0. The van der Waals surface area contributed by atoms with Crippen LogP contribution in [0, 0.1) is 0 Å². The summed E-state index contributed by atoms with van der Waals surface area (Å²) >= 11 is 1.70. The van der Waals surface area contributed by atoms with Crippen molar-refractivity contribution in [3.05, 3.63) is 93.5 Å². The minimum Gasteiger partial charge on any atom is -0.478 e. The van der Waals surface area contributed by atoms with E-state index in [1.807, 2.05) is 45.1 Å². The Balaban J connectivity index is 0.00000247. The quantitative estimate of drug-likeness (QED) is 0.189. The summed E-state index contributed by atoms with van der Waals surface area (Å²) in [5.74, 6) is 0.0676. The van der Waals surface area contributed by atoms with E-state index < -0.39 is 5.97 Å². The van der Waals surface area contributed by atoms with E-state index in [1.165, 1.54) is 35.1 Å². The highest BCUT2D eigenvalue weighted by Crippen LogP contribution is 2.47. The third kappa shape index (κ3) is 8.59. The molecule has 1 aliphatic rings. The number of carboxylic acid groups (broad SMARTS) is 1. The van der Waals surface area contributed by atoms with Crippen LogP contribution in [0.5, 0.6) is 0 Å². The molecule has 0 aliphatic heterocycles. The van der Waals surface area contributed by atoms with E-state index in [0.717, 1.165) is 29.2 Å². The van der Waals surface area contributed by atoms with Gasteiger partial charge in [0.15, 0.2) is 0 Å². The molecule has 0 spiro atoms. The van der Waals surface area contributed by atoms with Gasteiger partial charge in [0.25, 0.3) is 0 Å². The van der Waals surface area contributed by atoms with Crippen LogP contribution in [0.4, 0.5) is 0 Å². The number of hydrogen-bond donors (Lipinski definition) is 1. The highest BCUT2D eigenvalue weighted by atomic mass is 32.2. The summed E-state index contributed by atoms with van der Waals surface area (Å²) in [5, 5.41) is 10.0. The van der Waals surface area contributed by atoms with Gasteiger partial charge in [-0.1, -0.05) is 90.6 Å². The maximum absolute atomic E-state index is 11.2. The molecular weight excluding hydrogens is 486 g/mol. The summed E-state index contributed by atoms with van der Waals surface area (Å²) in [6, 6.07) is 11.9. The molecule has 1 N–H and O–H groups in total. The van der Waals surface area contributed by atoms with Crippen molar-refractivity contribution < 1.29 is 9.90 Å². The number of nitrogens with zero attached hydrogens (tertiary/aromatic N) is 1. The van der Waals surface area contributed by atoms with Crippen LogP contribution in [0.25, 0.3) is 12.2 Å². The minimum absolute atomic E-state index is 0.146. The number of aliphatic imine (C=N–C) groups is 1. The van der Waals surface area contributed by atoms with Crippen LogP contribution < -0.4 is 0 Å². The number of thioether (sulfide) groups is 1. The second-order valence-corrected chi connectivity index (χ2v) is 11.9. The first-order chi connectivity index (χ1) is 18.0. The van der Waals surface area contributed by atoms with Crippen molar-refractivity contribution in [3.63, 3.8) is 0 Å². The Morgan fingerprint density at radius 2 is 1.63 bits per heavy atom. The Labute approximate surface area is 234 Å². The molecule has 0 heterocycles. The largest absolute Gasteiger partial charge is 0.478 e.